The lowest BCUT2D eigenvalue weighted by atomic mass is 9.94. The molecule has 0 aliphatic rings. The summed E-state index contributed by atoms with van der Waals surface area (Å²) >= 11 is 0. The van der Waals surface area contributed by atoms with E-state index in [9.17, 15) is 9.59 Å². The lowest BCUT2D eigenvalue weighted by molar-refractivity contribution is -0.142. The molecule has 0 saturated heterocycles. The second-order valence-corrected chi connectivity index (χ2v) is 6.12. The zero-order valence-electron chi connectivity index (χ0n) is 16.1. The van der Waals surface area contributed by atoms with Crippen LogP contribution in [-0.2, 0) is 14.3 Å². The van der Waals surface area contributed by atoms with Crippen molar-refractivity contribution in [3.8, 4) is 11.5 Å². The minimum Gasteiger partial charge on any atom is -0.494 e. The maximum atomic E-state index is 11.9. The quantitative estimate of drug-likeness (QED) is 0.434. The summed E-state index contributed by atoms with van der Waals surface area (Å²) in [7, 11) is 1.36. The highest BCUT2D eigenvalue weighted by atomic mass is 16.5. The van der Waals surface area contributed by atoms with Crippen LogP contribution in [0.4, 0.5) is 0 Å². The number of ether oxygens (including phenoxy) is 3. The first-order valence-electron chi connectivity index (χ1n) is 8.86. The molecule has 0 bridgehead atoms. The van der Waals surface area contributed by atoms with Crippen LogP contribution in [0.25, 0.3) is 0 Å². The van der Waals surface area contributed by atoms with E-state index in [0.29, 0.717) is 26.2 Å². The van der Waals surface area contributed by atoms with Crippen LogP contribution in [0.3, 0.4) is 0 Å². The van der Waals surface area contributed by atoms with Gasteiger partial charge in [-0.25, -0.2) is 0 Å². The average Bonchev–Trinajstić information content (AvgIpc) is 2.65. The molecular weight excluding hydrogens is 336 g/mol. The Balaban J connectivity index is 2.26. The van der Waals surface area contributed by atoms with E-state index in [1.165, 1.54) is 7.11 Å². The molecule has 146 valence electrons. The van der Waals surface area contributed by atoms with Crippen molar-refractivity contribution >= 4 is 11.9 Å². The van der Waals surface area contributed by atoms with Gasteiger partial charge in [0.05, 0.1) is 33.2 Å². The van der Waals surface area contributed by atoms with E-state index in [4.69, 9.17) is 14.2 Å². The first-order valence-corrected chi connectivity index (χ1v) is 8.86. The van der Waals surface area contributed by atoms with E-state index in [0.717, 1.165) is 11.5 Å². The standard InChI is InChI=1S/C19H30N2O5/c1-5-19(3,13-18(23)24-4)21-14-17(22)20-11-12-26-16-9-7-15(8-10-16)25-6-2/h7-10,21H,5-6,11-14H2,1-4H3,(H,20,22). The molecule has 0 spiro atoms. The number of hydrogen-bond donors (Lipinski definition) is 2. The monoisotopic (exact) mass is 366 g/mol. The molecule has 1 aromatic carbocycles. The summed E-state index contributed by atoms with van der Waals surface area (Å²) in [6.45, 7) is 7.30. The Morgan fingerprint density at radius 3 is 2.23 bits per heavy atom. The molecule has 0 heterocycles. The van der Waals surface area contributed by atoms with Gasteiger partial charge in [0.15, 0.2) is 0 Å². The Labute approximate surface area is 155 Å². The van der Waals surface area contributed by atoms with Crippen molar-refractivity contribution in [2.24, 2.45) is 0 Å². The number of benzene rings is 1. The molecule has 1 atom stereocenters. The fourth-order valence-corrected chi connectivity index (χ4v) is 2.22. The number of rotatable bonds is 12. The number of methoxy groups -OCH3 is 1. The van der Waals surface area contributed by atoms with E-state index in [1.807, 2.05) is 45.0 Å². The van der Waals surface area contributed by atoms with E-state index >= 15 is 0 Å². The third-order valence-electron chi connectivity index (χ3n) is 4.05. The highest BCUT2D eigenvalue weighted by molar-refractivity contribution is 5.78. The van der Waals surface area contributed by atoms with Crippen LogP contribution in [0, 0.1) is 0 Å². The normalized spacial score (nSPS) is 12.8. The van der Waals surface area contributed by atoms with Crippen molar-refractivity contribution < 1.29 is 23.8 Å². The third kappa shape index (κ3) is 8.20. The summed E-state index contributed by atoms with van der Waals surface area (Å²) in [6, 6.07) is 7.34. The first kappa shape index (κ1) is 21.8. The lowest BCUT2D eigenvalue weighted by Gasteiger charge is -2.28. The van der Waals surface area contributed by atoms with Crippen LogP contribution in [0.2, 0.25) is 0 Å². The van der Waals surface area contributed by atoms with Gasteiger partial charge >= 0.3 is 5.97 Å². The summed E-state index contributed by atoms with van der Waals surface area (Å²) in [5.74, 6) is 1.07. The zero-order valence-corrected chi connectivity index (χ0v) is 16.1. The fourth-order valence-electron chi connectivity index (χ4n) is 2.22. The molecule has 2 N–H and O–H groups in total. The predicted octanol–water partition coefficient (Wildman–Crippen LogP) is 1.90. The van der Waals surface area contributed by atoms with Crippen LogP contribution < -0.4 is 20.1 Å². The Hall–Kier alpha value is -2.28. The highest BCUT2D eigenvalue weighted by Crippen LogP contribution is 2.17. The molecular formula is C19H30N2O5. The Kier molecular flexibility index (Phi) is 9.51. The number of hydrogen-bond acceptors (Lipinski definition) is 6. The van der Waals surface area contributed by atoms with Gasteiger partial charge in [-0.2, -0.15) is 0 Å². The highest BCUT2D eigenvalue weighted by Gasteiger charge is 2.26. The van der Waals surface area contributed by atoms with Crippen LogP contribution in [0.5, 0.6) is 11.5 Å². The largest absolute Gasteiger partial charge is 0.494 e. The maximum absolute atomic E-state index is 11.9. The smallest absolute Gasteiger partial charge is 0.307 e. The Morgan fingerprint density at radius 2 is 1.69 bits per heavy atom. The molecule has 1 unspecified atom stereocenters. The molecule has 0 radical (unpaired) electrons. The SMILES string of the molecule is CCOc1ccc(OCCNC(=O)CNC(C)(CC)CC(=O)OC)cc1. The van der Waals surface area contributed by atoms with Gasteiger partial charge in [-0.15, -0.1) is 0 Å². The number of esters is 1. The van der Waals surface area contributed by atoms with Gasteiger partial charge in [0.1, 0.15) is 18.1 Å². The molecule has 0 saturated carbocycles. The van der Waals surface area contributed by atoms with Crippen LogP contribution in [-0.4, -0.2) is 50.8 Å². The summed E-state index contributed by atoms with van der Waals surface area (Å²) in [4.78, 5) is 23.4. The topological polar surface area (TPSA) is 85.9 Å². The van der Waals surface area contributed by atoms with Crippen molar-refractivity contribution in [2.45, 2.75) is 39.2 Å². The molecule has 1 rings (SSSR count). The Morgan fingerprint density at radius 1 is 1.08 bits per heavy atom. The molecule has 7 heteroatoms. The van der Waals surface area contributed by atoms with Crippen LogP contribution in [0.1, 0.15) is 33.6 Å². The molecule has 0 aromatic heterocycles. The van der Waals surface area contributed by atoms with E-state index in [-0.39, 0.29) is 24.8 Å². The molecule has 26 heavy (non-hydrogen) atoms. The van der Waals surface area contributed by atoms with E-state index in [2.05, 4.69) is 10.6 Å². The number of carbonyl (C=O) groups is 2. The minimum atomic E-state index is -0.469. The van der Waals surface area contributed by atoms with Gasteiger partial charge in [-0.1, -0.05) is 6.92 Å². The molecule has 1 amide bonds. The van der Waals surface area contributed by atoms with Gasteiger partial charge in [0.2, 0.25) is 5.91 Å². The summed E-state index contributed by atoms with van der Waals surface area (Å²) in [5, 5.41) is 5.90. The van der Waals surface area contributed by atoms with E-state index < -0.39 is 5.54 Å². The van der Waals surface area contributed by atoms with Crippen molar-refractivity contribution in [3.63, 3.8) is 0 Å². The molecule has 0 fully saturated rings. The number of amides is 1. The van der Waals surface area contributed by atoms with Gasteiger partial charge in [0.25, 0.3) is 0 Å². The van der Waals surface area contributed by atoms with Gasteiger partial charge in [-0.3, -0.25) is 9.59 Å². The number of nitrogens with one attached hydrogen (secondary N) is 2. The van der Waals surface area contributed by atoms with Crippen LogP contribution >= 0.6 is 0 Å². The second-order valence-electron chi connectivity index (χ2n) is 6.12. The van der Waals surface area contributed by atoms with Crippen LogP contribution in [0.15, 0.2) is 24.3 Å². The molecule has 7 nitrogen and oxygen atoms in total. The fraction of sp³-hybridized carbons (Fsp3) is 0.579. The summed E-state index contributed by atoms with van der Waals surface area (Å²) in [6.07, 6.45) is 0.921. The summed E-state index contributed by atoms with van der Waals surface area (Å²) in [5.41, 5.74) is -0.469. The molecule has 1 aromatic rings. The average molecular weight is 366 g/mol. The summed E-state index contributed by atoms with van der Waals surface area (Å²) < 4.78 is 15.6. The van der Waals surface area contributed by atoms with Gasteiger partial charge in [-0.05, 0) is 44.5 Å². The zero-order chi connectivity index (χ0) is 19.4. The van der Waals surface area contributed by atoms with Gasteiger partial charge in [0, 0.05) is 5.54 Å². The van der Waals surface area contributed by atoms with Crippen molar-refractivity contribution in [3.05, 3.63) is 24.3 Å². The van der Waals surface area contributed by atoms with Crippen molar-refractivity contribution in [1.82, 2.24) is 10.6 Å². The second kappa shape index (κ2) is 11.4. The third-order valence-corrected chi connectivity index (χ3v) is 4.05. The van der Waals surface area contributed by atoms with Crippen molar-refractivity contribution in [2.75, 3.05) is 33.4 Å². The first-order chi connectivity index (χ1) is 12.4. The van der Waals surface area contributed by atoms with Gasteiger partial charge < -0.3 is 24.8 Å². The number of carbonyl (C=O) groups excluding carboxylic acids is 2. The van der Waals surface area contributed by atoms with Crippen molar-refractivity contribution in [1.29, 1.82) is 0 Å². The maximum Gasteiger partial charge on any atom is 0.307 e. The molecule has 0 aliphatic heterocycles. The predicted molar refractivity (Wildman–Crippen MR) is 99.4 cm³/mol. The minimum absolute atomic E-state index is 0.129. The Bertz CT molecular complexity index is 562. The lowest BCUT2D eigenvalue weighted by Crippen LogP contribution is -2.48. The molecule has 0 aliphatic carbocycles. The van der Waals surface area contributed by atoms with E-state index in [1.54, 1.807) is 0 Å².